The maximum atomic E-state index is 13.0. The summed E-state index contributed by atoms with van der Waals surface area (Å²) in [6, 6.07) is 1.73. The molecular weight excluding hydrogens is 256 g/mol. The van der Waals surface area contributed by atoms with E-state index in [1.165, 1.54) is 11.3 Å². The van der Waals surface area contributed by atoms with Gasteiger partial charge in [0, 0.05) is 32.1 Å². The molecule has 1 unspecified atom stereocenters. The van der Waals surface area contributed by atoms with Gasteiger partial charge in [0.25, 0.3) is 5.92 Å². The SMILES string of the molecule is CC.N#CC(c1cncs1)N1CCC(F)(F)CC1. The smallest absolute Gasteiger partial charge is 0.250 e. The zero-order valence-corrected chi connectivity index (χ0v) is 11.4. The van der Waals surface area contributed by atoms with Crippen molar-refractivity contribution in [3.63, 3.8) is 0 Å². The van der Waals surface area contributed by atoms with Crippen LogP contribution in [0.2, 0.25) is 0 Å². The van der Waals surface area contributed by atoms with Crippen molar-refractivity contribution in [3.05, 3.63) is 16.6 Å². The third-order valence-corrected chi connectivity index (χ3v) is 3.57. The lowest BCUT2D eigenvalue weighted by atomic mass is 10.0. The molecule has 2 heterocycles. The molecule has 1 fully saturated rings. The molecule has 0 bridgehead atoms. The summed E-state index contributed by atoms with van der Waals surface area (Å²) in [7, 11) is 0. The first kappa shape index (κ1) is 15.0. The van der Waals surface area contributed by atoms with Crippen LogP contribution in [0.15, 0.2) is 11.7 Å². The van der Waals surface area contributed by atoms with E-state index < -0.39 is 12.0 Å². The van der Waals surface area contributed by atoms with E-state index in [-0.39, 0.29) is 25.9 Å². The van der Waals surface area contributed by atoms with Crippen LogP contribution in [0.3, 0.4) is 0 Å². The minimum atomic E-state index is -2.57. The molecule has 6 heteroatoms. The fraction of sp³-hybridized carbons (Fsp3) is 0.667. The van der Waals surface area contributed by atoms with Crippen LogP contribution < -0.4 is 0 Å². The number of hydrogen-bond donors (Lipinski definition) is 0. The molecule has 1 aromatic heterocycles. The molecule has 0 saturated carbocycles. The van der Waals surface area contributed by atoms with Gasteiger partial charge >= 0.3 is 0 Å². The van der Waals surface area contributed by atoms with Gasteiger partial charge < -0.3 is 0 Å². The summed E-state index contributed by atoms with van der Waals surface area (Å²) in [5.41, 5.74) is 1.65. The summed E-state index contributed by atoms with van der Waals surface area (Å²) >= 11 is 1.39. The van der Waals surface area contributed by atoms with Crippen molar-refractivity contribution >= 4 is 11.3 Å². The van der Waals surface area contributed by atoms with Crippen LogP contribution in [0, 0.1) is 11.3 Å². The van der Waals surface area contributed by atoms with Gasteiger partial charge in [-0.15, -0.1) is 11.3 Å². The van der Waals surface area contributed by atoms with Crippen molar-refractivity contribution in [3.8, 4) is 6.07 Å². The first-order valence-electron chi connectivity index (χ1n) is 6.02. The zero-order valence-electron chi connectivity index (χ0n) is 10.6. The highest BCUT2D eigenvalue weighted by atomic mass is 32.1. The van der Waals surface area contributed by atoms with E-state index in [1.807, 2.05) is 13.8 Å². The van der Waals surface area contributed by atoms with Crippen molar-refractivity contribution in [1.29, 1.82) is 5.26 Å². The van der Waals surface area contributed by atoms with Crippen LogP contribution in [0.4, 0.5) is 8.78 Å². The van der Waals surface area contributed by atoms with E-state index in [2.05, 4.69) is 11.1 Å². The third kappa shape index (κ3) is 3.72. The van der Waals surface area contributed by atoms with Crippen molar-refractivity contribution < 1.29 is 8.78 Å². The molecule has 3 nitrogen and oxygen atoms in total. The van der Waals surface area contributed by atoms with Gasteiger partial charge in [-0.1, -0.05) is 13.8 Å². The highest BCUT2D eigenvalue weighted by Gasteiger charge is 2.36. The molecule has 1 aromatic rings. The van der Waals surface area contributed by atoms with Crippen molar-refractivity contribution in [1.82, 2.24) is 9.88 Å². The van der Waals surface area contributed by atoms with E-state index in [4.69, 9.17) is 5.26 Å². The van der Waals surface area contributed by atoms with Crippen LogP contribution >= 0.6 is 11.3 Å². The molecule has 0 amide bonds. The van der Waals surface area contributed by atoms with E-state index in [1.54, 1.807) is 16.6 Å². The molecule has 0 spiro atoms. The van der Waals surface area contributed by atoms with E-state index in [0.717, 1.165) is 4.88 Å². The summed E-state index contributed by atoms with van der Waals surface area (Å²) in [5.74, 6) is -2.57. The lowest BCUT2D eigenvalue weighted by molar-refractivity contribution is -0.0592. The number of nitriles is 1. The first-order valence-corrected chi connectivity index (χ1v) is 6.90. The first-order chi connectivity index (χ1) is 8.62. The number of aromatic nitrogens is 1. The van der Waals surface area contributed by atoms with Crippen molar-refractivity contribution in [2.75, 3.05) is 13.1 Å². The lowest BCUT2D eigenvalue weighted by Crippen LogP contribution is -2.40. The molecule has 0 aliphatic carbocycles. The van der Waals surface area contributed by atoms with Crippen LogP contribution in [-0.2, 0) is 0 Å². The van der Waals surface area contributed by atoms with Gasteiger partial charge in [0.2, 0.25) is 0 Å². The second-order valence-electron chi connectivity index (χ2n) is 3.83. The highest BCUT2D eigenvalue weighted by Crippen LogP contribution is 2.32. The molecule has 1 aliphatic rings. The summed E-state index contributed by atoms with van der Waals surface area (Å²) in [6.45, 7) is 4.53. The average molecular weight is 273 g/mol. The molecule has 0 aromatic carbocycles. The molecule has 1 atom stereocenters. The Labute approximate surface area is 110 Å². The number of alkyl halides is 2. The maximum absolute atomic E-state index is 13.0. The molecule has 2 rings (SSSR count). The number of likely N-dealkylation sites (tertiary alicyclic amines) is 1. The predicted octanol–water partition coefficient (Wildman–Crippen LogP) is 3.47. The van der Waals surface area contributed by atoms with E-state index in [0.29, 0.717) is 0 Å². The molecule has 1 saturated heterocycles. The largest absolute Gasteiger partial charge is 0.283 e. The molecular formula is C12H17F2N3S. The number of rotatable bonds is 2. The highest BCUT2D eigenvalue weighted by molar-refractivity contribution is 7.09. The minimum Gasteiger partial charge on any atom is -0.283 e. The third-order valence-electron chi connectivity index (χ3n) is 2.74. The Morgan fingerprint density at radius 1 is 1.44 bits per heavy atom. The summed E-state index contributed by atoms with van der Waals surface area (Å²) < 4.78 is 25.9. The van der Waals surface area contributed by atoms with Gasteiger partial charge in [-0.2, -0.15) is 5.26 Å². The summed E-state index contributed by atoms with van der Waals surface area (Å²) in [6.07, 6.45) is 1.30. The van der Waals surface area contributed by atoms with E-state index in [9.17, 15) is 8.78 Å². The standard InChI is InChI=1S/C10H11F2N3S.C2H6/c11-10(12)1-3-15(4-2-10)8(5-13)9-6-14-7-16-9;1-2/h6-8H,1-4H2;1-2H3. The Kier molecular flexibility index (Phi) is 5.63. The zero-order chi connectivity index (χ0) is 13.6. The number of thiazole rings is 1. The Morgan fingerprint density at radius 2 is 2.06 bits per heavy atom. The van der Waals surface area contributed by atoms with Crippen molar-refractivity contribution in [2.45, 2.75) is 38.7 Å². The monoisotopic (exact) mass is 273 g/mol. The molecule has 0 N–H and O–H groups in total. The Balaban J connectivity index is 0.000000771. The topological polar surface area (TPSA) is 39.9 Å². The van der Waals surface area contributed by atoms with Crippen molar-refractivity contribution in [2.24, 2.45) is 0 Å². The Hall–Kier alpha value is -1.06. The van der Waals surface area contributed by atoms with Gasteiger partial charge in [0.05, 0.1) is 16.5 Å². The van der Waals surface area contributed by atoms with Gasteiger partial charge in [-0.05, 0) is 0 Å². The average Bonchev–Trinajstić information content (AvgIpc) is 2.88. The van der Waals surface area contributed by atoms with Gasteiger partial charge in [-0.3, -0.25) is 9.88 Å². The second kappa shape index (κ2) is 6.76. The van der Waals surface area contributed by atoms with Crippen LogP contribution in [-0.4, -0.2) is 28.9 Å². The van der Waals surface area contributed by atoms with Crippen LogP contribution in [0.5, 0.6) is 0 Å². The van der Waals surface area contributed by atoms with Crippen LogP contribution in [0.25, 0.3) is 0 Å². The lowest BCUT2D eigenvalue weighted by Gasteiger charge is -2.33. The van der Waals surface area contributed by atoms with Crippen LogP contribution in [0.1, 0.15) is 37.6 Å². The number of halogens is 2. The fourth-order valence-electron chi connectivity index (χ4n) is 1.80. The van der Waals surface area contributed by atoms with Gasteiger partial charge in [-0.25, -0.2) is 8.78 Å². The summed E-state index contributed by atoms with van der Waals surface area (Å²) in [4.78, 5) is 6.53. The maximum Gasteiger partial charge on any atom is 0.250 e. The van der Waals surface area contributed by atoms with E-state index >= 15 is 0 Å². The minimum absolute atomic E-state index is 0.163. The summed E-state index contributed by atoms with van der Waals surface area (Å²) in [5, 5.41) is 9.08. The number of piperidine rings is 1. The number of hydrogen-bond acceptors (Lipinski definition) is 4. The number of nitrogens with zero attached hydrogens (tertiary/aromatic N) is 3. The second-order valence-corrected chi connectivity index (χ2v) is 4.75. The molecule has 100 valence electrons. The quantitative estimate of drug-likeness (QED) is 0.828. The molecule has 18 heavy (non-hydrogen) atoms. The normalized spacial score (nSPS) is 20.4. The van der Waals surface area contributed by atoms with Gasteiger partial charge in [0.15, 0.2) is 0 Å². The molecule has 1 aliphatic heterocycles. The van der Waals surface area contributed by atoms with Gasteiger partial charge in [0.1, 0.15) is 6.04 Å². The predicted molar refractivity (Wildman–Crippen MR) is 67.6 cm³/mol. The fourth-order valence-corrected chi connectivity index (χ4v) is 2.49. The Bertz CT molecular complexity index is 377. The Morgan fingerprint density at radius 3 is 2.50 bits per heavy atom. The molecule has 0 radical (unpaired) electrons.